The number of alkyl halides is 3. The SMILES string of the molecule is CCOc1nn(-c2ccc(C(F)(F)F)cn2)cc1CCOc1ccc(OC(C)=O)cc1. The minimum atomic E-state index is -4.45. The molecule has 0 saturated heterocycles. The van der Waals surface area contributed by atoms with E-state index in [0.717, 1.165) is 17.8 Å². The predicted octanol–water partition coefficient (Wildman–Crippen LogP) is 4.23. The highest BCUT2D eigenvalue weighted by atomic mass is 19.4. The van der Waals surface area contributed by atoms with Gasteiger partial charge in [-0.3, -0.25) is 4.79 Å². The molecular formula is C21H20F3N3O4. The lowest BCUT2D eigenvalue weighted by molar-refractivity contribution is -0.138. The maximum Gasteiger partial charge on any atom is 0.417 e. The van der Waals surface area contributed by atoms with Gasteiger partial charge in [0.15, 0.2) is 5.82 Å². The summed E-state index contributed by atoms with van der Waals surface area (Å²) >= 11 is 0. The third-order valence-electron chi connectivity index (χ3n) is 4.07. The van der Waals surface area contributed by atoms with Crippen molar-refractivity contribution >= 4 is 5.97 Å². The summed E-state index contributed by atoms with van der Waals surface area (Å²) in [6.07, 6.45) is -1.60. The van der Waals surface area contributed by atoms with Crippen LogP contribution in [0.1, 0.15) is 25.0 Å². The second-order valence-electron chi connectivity index (χ2n) is 6.40. The average molecular weight is 435 g/mol. The van der Waals surface area contributed by atoms with Crippen LogP contribution in [0.15, 0.2) is 48.8 Å². The van der Waals surface area contributed by atoms with Gasteiger partial charge in [-0.2, -0.15) is 13.2 Å². The number of carbonyl (C=O) groups excluding carboxylic acids is 1. The zero-order valence-corrected chi connectivity index (χ0v) is 16.8. The fourth-order valence-electron chi connectivity index (χ4n) is 2.68. The first-order valence-corrected chi connectivity index (χ1v) is 9.42. The van der Waals surface area contributed by atoms with Crippen molar-refractivity contribution in [3.8, 4) is 23.2 Å². The molecule has 164 valence electrons. The Morgan fingerprint density at radius 1 is 1.06 bits per heavy atom. The molecule has 0 atom stereocenters. The van der Waals surface area contributed by atoms with E-state index in [9.17, 15) is 18.0 Å². The van der Waals surface area contributed by atoms with Crippen LogP contribution in [-0.2, 0) is 17.4 Å². The van der Waals surface area contributed by atoms with E-state index in [1.165, 1.54) is 17.7 Å². The molecule has 0 spiro atoms. The van der Waals surface area contributed by atoms with Crippen LogP contribution in [0.25, 0.3) is 5.82 Å². The van der Waals surface area contributed by atoms with Crippen molar-refractivity contribution in [3.05, 3.63) is 59.9 Å². The highest BCUT2D eigenvalue weighted by molar-refractivity contribution is 5.69. The number of benzene rings is 1. The summed E-state index contributed by atoms with van der Waals surface area (Å²) in [7, 11) is 0. The van der Waals surface area contributed by atoms with Crippen molar-refractivity contribution in [1.29, 1.82) is 0 Å². The molecule has 0 N–H and O–H groups in total. The average Bonchev–Trinajstić information content (AvgIpc) is 3.11. The molecule has 10 heteroatoms. The number of hydrogen-bond acceptors (Lipinski definition) is 6. The quantitative estimate of drug-likeness (QED) is 0.389. The van der Waals surface area contributed by atoms with E-state index in [1.54, 1.807) is 37.4 Å². The van der Waals surface area contributed by atoms with Crippen molar-refractivity contribution in [2.75, 3.05) is 13.2 Å². The number of halogens is 3. The number of pyridine rings is 1. The first-order valence-electron chi connectivity index (χ1n) is 9.42. The third kappa shape index (κ3) is 5.97. The fourth-order valence-corrected chi connectivity index (χ4v) is 2.68. The van der Waals surface area contributed by atoms with E-state index in [1.807, 2.05) is 0 Å². The van der Waals surface area contributed by atoms with Crippen LogP contribution in [0.4, 0.5) is 13.2 Å². The Kier molecular flexibility index (Phi) is 6.78. The summed E-state index contributed by atoms with van der Waals surface area (Å²) in [5.74, 6) is 1.20. The Hall–Kier alpha value is -3.56. The maximum atomic E-state index is 12.7. The predicted molar refractivity (Wildman–Crippen MR) is 104 cm³/mol. The van der Waals surface area contributed by atoms with E-state index in [0.29, 0.717) is 37.0 Å². The molecule has 3 aromatic rings. The van der Waals surface area contributed by atoms with Crippen LogP contribution in [0.3, 0.4) is 0 Å². The maximum absolute atomic E-state index is 12.7. The lowest BCUT2D eigenvalue weighted by Crippen LogP contribution is -2.07. The highest BCUT2D eigenvalue weighted by Crippen LogP contribution is 2.29. The van der Waals surface area contributed by atoms with E-state index in [-0.39, 0.29) is 5.82 Å². The fraction of sp³-hybridized carbons (Fsp3) is 0.286. The summed E-state index contributed by atoms with van der Waals surface area (Å²) < 4.78 is 55.8. The molecule has 0 saturated carbocycles. The van der Waals surface area contributed by atoms with Gasteiger partial charge in [0.2, 0.25) is 5.88 Å². The second-order valence-corrected chi connectivity index (χ2v) is 6.40. The minimum absolute atomic E-state index is 0.238. The summed E-state index contributed by atoms with van der Waals surface area (Å²) in [6.45, 7) is 3.81. The van der Waals surface area contributed by atoms with E-state index in [4.69, 9.17) is 14.2 Å². The summed E-state index contributed by atoms with van der Waals surface area (Å²) in [5, 5.41) is 4.27. The number of carbonyl (C=O) groups is 1. The van der Waals surface area contributed by atoms with E-state index >= 15 is 0 Å². The summed E-state index contributed by atoms with van der Waals surface area (Å²) in [4.78, 5) is 14.8. The van der Waals surface area contributed by atoms with Crippen LogP contribution >= 0.6 is 0 Å². The highest BCUT2D eigenvalue weighted by Gasteiger charge is 2.30. The van der Waals surface area contributed by atoms with E-state index in [2.05, 4.69) is 10.1 Å². The number of ether oxygens (including phenoxy) is 3. The van der Waals surface area contributed by atoms with Gasteiger partial charge in [-0.25, -0.2) is 9.67 Å². The lowest BCUT2D eigenvalue weighted by atomic mass is 10.2. The smallest absolute Gasteiger partial charge is 0.417 e. The van der Waals surface area contributed by atoms with Crippen molar-refractivity contribution in [3.63, 3.8) is 0 Å². The molecule has 0 aliphatic heterocycles. The van der Waals surface area contributed by atoms with Crippen molar-refractivity contribution in [1.82, 2.24) is 14.8 Å². The van der Waals surface area contributed by atoms with Crippen LogP contribution in [0.5, 0.6) is 17.4 Å². The summed E-state index contributed by atoms with van der Waals surface area (Å²) in [6, 6.07) is 8.80. The molecule has 0 aliphatic rings. The number of hydrogen-bond donors (Lipinski definition) is 0. The van der Waals surface area contributed by atoms with Gasteiger partial charge in [0, 0.05) is 31.3 Å². The first-order chi connectivity index (χ1) is 14.8. The topological polar surface area (TPSA) is 75.5 Å². The standard InChI is InChI=1S/C21H20F3N3O4/c1-3-29-20-15(10-11-30-17-5-7-18(8-6-17)31-14(2)28)13-27(26-20)19-9-4-16(12-25-19)21(22,23)24/h4-9,12-13H,3,10-11H2,1-2H3. The normalized spacial score (nSPS) is 11.3. The van der Waals surface area contributed by atoms with Gasteiger partial charge in [0.1, 0.15) is 11.5 Å². The molecule has 0 fully saturated rings. The molecular weight excluding hydrogens is 415 g/mol. The Labute approximate surface area is 176 Å². The zero-order chi connectivity index (χ0) is 22.4. The Balaban J connectivity index is 1.67. The van der Waals surface area contributed by atoms with E-state index < -0.39 is 17.7 Å². The summed E-state index contributed by atoms with van der Waals surface area (Å²) in [5.41, 5.74) is -0.109. The number of esters is 1. The van der Waals surface area contributed by atoms with Gasteiger partial charge in [-0.05, 0) is 43.3 Å². The van der Waals surface area contributed by atoms with Gasteiger partial charge in [-0.1, -0.05) is 0 Å². The molecule has 0 aliphatic carbocycles. The molecule has 2 aromatic heterocycles. The van der Waals surface area contributed by atoms with Gasteiger partial charge < -0.3 is 14.2 Å². The van der Waals surface area contributed by atoms with Crippen LogP contribution in [-0.4, -0.2) is 33.9 Å². The molecule has 0 radical (unpaired) electrons. The Bertz CT molecular complexity index is 1020. The molecule has 0 bridgehead atoms. The van der Waals surface area contributed by atoms with Crippen molar-refractivity contribution < 1.29 is 32.2 Å². The zero-order valence-electron chi connectivity index (χ0n) is 16.8. The van der Waals surface area contributed by atoms with Crippen LogP contribution in [0.2, 0.25) is 0 Å². The Morgan fingerprint density at radius 2 is 1.77 bits per heavy atom. The van der Waals surface area contributed by atoms with Crippen molar-refractivity contribution in [2.24, 2.45) is 0 Å². The minimum Gasteiger partial charge on any atom is -0.493 e. The molecule has 3 rings (SSSR count). The lowest BCUT2D eigenvalue weighted by Gasteiger charge is -2.07. The van der Waals surface area contributed by atoms with Gasteiger partial charge in [0.25, 0.3) is 0 Å². The number of aromatic nitrogens is 3. The van der Waals surface area contributed by atoms with Gasteiger partial charge >= 0.3 is 12.1 Å². The van der Waals surface area contributed by atoms with Gasteiger partial charge in [-0.15, -0.1) is 5.10 Å². The Morgan fingerprint density at radius 3 is 2.35 bits per heavy atom. The molecule has 1 aromatic carbocycles. The van der Waals surface area contributed by atoms with Gasteiger partial charge in [0.05, 0.1) is 18.8 Å². The molecule has 0 unspecified atom stereocenters. The third-order valence-corrected chi connectivity index (χ3v) is 4.07. The molecule has 7 nitrogen and oxygen atoms in total. The number of nitrogens with zero attached hydrogens (tertiary/aromatic N) is 3. The van der Waals surface area contributed by atoms with Crippen LogP contribution in [0, 0.1) is 0 Å². The second kappa shape index (κ2) is 9.50. The van der Waals surface area contributed by atoms with Crippen LogP contribution < -0.4 is 14.2 Å². The monoisotopic (exact) mass is 435 g/mol. The molecule has 31 heavy (non-hydrogen) atoms. The number of rotatable bonds is 8. The molecule has 0 amide bonds. The van der Waals surface area contributed by atoms with Crippen molar-refractivity contribution in [2.45, 2.75) is 26.4 Å². The molecule has 2 heterocycles. The largest absolute Gasteiger partial charge is 0.493 e. The first kappa shape index (κ1) is 22.1.